The van der Waals surface area contributed by atoms with E-state index in [1.54, 1.807) is 11.8 Å². The van der Waals surface area contributed by atoms with Crippen molar-refractivity contribution < 1.29 is 4.79 Å². The molecule has 0 unspecified atom stereocenters. The third-order valence-electron chi connectivity index (χ3n) is 4.69. The summed E-state index contributed by atoms with van der Waals surface area (Å²) < 4.78 is 0. The zero-order valence-electron chi connectivity index (χ0n) is 12.6. The molecule has 0 bridgehead atoms. The highest BCUT2D eigenvalue weighted by Gasteiger charge is 2.51. The summed E-state index contributed by atoms with van der Waals surface area (Å²) in [6.45, 7) is 2.07. The van der Waals surface area contributed by atoms with Crippen LogP contribution in [-0.4, -0.2) is 27.5 Å². The minimum atomic E-state index is -0.322. The number of fused-ring (bicyclic) bond motifs is 4. The predicted molar refractivity (Wildman–Crippen MR) is 89.6 cm³/mol. The molecule has 0 saturated heterocycles. The summed E-state index contributed by atoms with van der Waals surface area (Å²) in [7, 11) is 0. The molecule has 4 rings (SSSR count). The standard InChI is InChI=1S/C16H20N4OS/c1-2-22-15-17-14(21)13-11-7-3-4-8-12(11)18-16(20(13)19-15)9-5-6-10-16/h3-4,7-8,13,18H,2,5-6,9-10H2,1H3,(H,17,19,21)/t13-/m1/s1. The second kappa shape index (κ2) is 5.19. The maximum atomic E-state index is 12.7. The Morgan fingerprint density at radius 3 is 2.91 bits per heavy atom. The van der Waals surface area contributed by atoms with E-state index in [2.05, 4.69) is 23.6 Å². The number of nitrogens with one attached hydrogen (secondary N) is 2. The van der Waals surface area contributed by atoms with E-state index in [0.717, 1.165) is 35.0 Å². The second-order valence-electron chi connectivity index (χ2n) is 6.03. The van der Waals surface area contributed by atoms with Gasteiger partial charge in [-0.3, -0.25) is 9.80 Å². The number of hydrazone groups is 1. The summed E-state index contributed by atoms with van der Waals surface area (Å²) in [4.78, 5) is 12.7. The first kappa shape index (κ1) is 13.9. The molecule has 1 atom stereocenters. The number of amidine groups is 1. The molecule has 1 saturated carbocycles. The van der Waals surface area contributed by atoms with E-state index in [1.165, 1.54) is 12.8 Å². The van der Waals surface area contributed by atoms with Crippen molar-refractivity contribution in [3.8, 4) is 0 Å². The van der Waals surface area contributed by atoms with Gasteiger partial charge in [-0.15, -0.1) is 5.10 Å². The summed E-state index contributed by atoms with van der Waals surface area (Å²) in [6.07, 6.45) is 4.40. The number of benzene rings is 1. The van der Waals surface area contributed by atoms with Crippen LogP contribution in [0.3, 0.4) is 0 Å². The Morgan fingerprint density at radius 1 is 1.36 bits per heavy atom. The first-order valence-corrected chi connectivity index (χ1v) is 8.91. The van der Waals surface area contributed by atoms with Gasteiger partial charge in [0.25, 0.3) is 5.91 Å². The second-order valence-corrected chi connectivity index (χ2v) is 7.28. The van der Waals surface area contributed by atoms with Crippen molar-refractivity contribution in [3.05, 3.63) is 29.8 Å². The minimum absolute atomic E-state index is 0.0335. The van der Waals surface area contributed by atoms with Gasteiger partial charge in [-0.05, 0) is 37.5 Å². The SMILES string of the molecule is CCSC1=NN2[C@@H](C(=O)N1)c1ccccc1NC21CCCC1. The van der Waals surface area contributed by atoms with E-state index < -0.39 is 0 Å². The van der Waals surface area contributed by atoms with Gasteiger partial charge in [-0.25, -0.2) is 0 Å². The van der Waals surface area contributed by atoms with Crippen molar-refractivity contribution in [1.82, 2.24) is 10.3 Å². The molecule has 1 spiro atoms. The molecule has 5 nitrogen and oxygen atoms in total. The smallest absolute Gasteiger partial charge is 0.255 e. The van der Waals surface area contributed by atoms with E-state index in [9.17, 15) is 4.79 Å². The van der Waals surface area contributed by atoms with Gasteiger partial charge >= 0.3 is 0 Å². The maximum absolute atomic E-state index is 12.7. The molecule has 1 aliphatic carbocycles. The Bertz CT molecular complexity index is 639. The third kappa shape index (κ3) is 2.00. The van der Waals surface area contributed by atoms with Crippen LogP contribution in [0.4, 0.5) is 5.69 Å². The first-order valence-electron chi connectivity index (χ1n) is 7.92. The van der Waals surface area contributed by atoms with Crippen LogP contribution in [0.25, 0.3) is 0 Å². The average molecular weight is 316 g/mol. The maximum Gasteiger partial charge on any atom is 0.255 e. The van der Waals surface area contributed by atoms with Crippen molar-refractivity contribution >= 4 is 28.5 Å². The number of rotatable bonds is 1. The number of nitrogens with zero attached hydrogens (tertiary/aromatic N) is 2. The van der Waals surface area contributed by atoms with E-state index in [1.807, 2.05) is 23.2 Å². The monoisotopic (exact) mass is 316 g/mol. The molecule has 1 aromatic rings. The largest absolute Gasteiger partial charge is 0.361 e. The van der Waals surface area contributed by atoms with Crippen LogP contribution < -0.4 is 10.6 Å². The van der Waals surface area contributed by atoms with Crippen LogP contribution in [0.15, 0.2) is 29.4 Å². The Balaban J connectivity index is 1.84. The molecule has 1 fully saturated rings. The summed E-state index contributed by atoms with van der Waals surface area (Å²) in [5.41, 5.74) is 1.88. The fraction of sp³-hybridized carbons (Fsp3) is 0.500. The predicted octanol–water partition coefficient (Wildman–Crippen LogP) is 2.88. The average Bonchev–Trinajstić information content (AvgIpc) is 2.97. The first-order chi connectivity index (χ1) is 10.7. The highest BCUT2D eigenvalue weighted by Crippen LogP contribution is 2.47. The molecule has 6 heteroatoms. The molecule has 0 radical (unpaired) electrons. The number of hydrogen-bond acceptors (Lipinski definition) is 5. The zero-order valence-corrected chi connectivity index (χ0v) is 13.4. The quantitative estimate of drug-likeness (QED) is 0.836. The molecule has 2 aliphatic heterocycles. The number of carbonyl (C=O) groups excluding carboxylic acids is 1. The fourth-order valence-corrected chi connectivity index (χ4v) is 4.35. The number of anilines is 1. The van der Waals surface area contributed by atoms with Gasteiger partial charge in [0.15, 0.2) is 11.2 Å². The van der Waals surface area contributed by atoms with Crippen molar-refractivity contribution in [2.75, 3.05) is 11.1 Å². The van der Waals surface area contributed by atoms with Crippen LogP contribution in [0, 0.1) is 0 Å². The van der Waals surface area contributed by atoms with Gasteiger partial charge in [0.2, 0.25) is 0 Å². The molecule has 2 N–H and O–H groups in total. The fourth-order valence-electron chi connectivity index (χ4n) is 3.75. The van der Waals surface area contributed by atoms with Crippen LogP contribution >= 0.6 is 11.8 Å². The van der Waals surface area contributed by atoms with E-state index in [4.69, 9.17) is 5.10 Å². The Hall–Kier alpha value is -1.69. The lowest BCUT2D eigenvalue weighted by Crippen LogP contribution is -2.60. The van der Waals surface area contributed by atoms with Gasteiger partial charge in [0, 0.05) is 11.3 Å². The number of hydrogen-bond donors (Lipinski definition) is 2. The van der Waals surface area contributed by atoms with E-state index in [0.29, 0.717) is 0 Å². The lowest BCUT2D eigenvalue weighted by molar-refractivity contribution is -0.129. The lowest BCUT2D eigenvalue weighted by Gasteiger charge is -2.50. The summed E-state index contributed by atoms with van der Waals surface area (Å²) in [5, 5.41) is 14.2. The highest BCUT2D eigenvalue weighted by atomic mass is 32.2. The number of amides is 1. The lowest BCUT2D eigenvalue weighted by atomic mass is 9.93. The molecule has 3 aliphatic rings. The zero-order chi connectivity index (χ0) is 15.2. The van der Waals surface area contributed by atoms with Gasteiger partial charge in [-0.2, -0.15) is 0 Å². The number of thioether (sulfide) groups is 1. The normalized spacial score (nSPS) is 25.1. The summed E-state index contributed by atoms with van der Waals surface area (Å²) in [5.74, 6) is 0.931. The van der Waals surface area contributed by atoms with Gasteiger partial charge < -0.3 is 10.6 Å². The topological polar surface area (TPSA) is 56.7 Å². The molecule has 1 amide bonds. The minimum Gasteiger partial charge on any atom is -0.361 e. The van der Waals surface area contributed by atoms with Gasteiger partial charge in [0.05, 0.1) is 0 Å². The summed E-state index contributed by atoms with van der Waals surface area (Å²) >= 11 is 1.58. The van der Waals surface area contributed by atoms with Crippen LogP contribution in [0.1, 0.15) is 44.2 Å². The van der Waals surface area contributed by atoms with Crippen LogP contribution in [0.5, 0.6) is 0 Å². The molecule has 116 valence electrons. The van der Waals surface area contributed by atoms with Crippen LogP contribution in [0.2, 0.25) is 0 Å². The van der Waals surface area contributed by atoms with Crippen LogP contribution in [-0.2, 0) is 4.79 Å². The third-order valence-corrected chi connectivity index (χ3v) is 5.44. The van der Waals surface area contributed by atoms with Crippen molar-refractivity contribution in [2.24, 2.45) is 5.10 Å². The Kier molecular flexibility index (Phi) is 3.29. The molecule has 2 heterocycles. The molecular formula is C16H20N4OS. The van der Waals surface area contributed by atoms with Crippen molar-refractivity contribution in [3.63, 3.8) is 0 Å². The van der Waals surface area contributed by atoms with E-state index >= 15 is 0 Å². The highest BCUT2D eigenvalue weighted by molar-refractivity contribution is 8.13. The van der Waals surface area contributed by atoms with Crippen molar-refractivity contribution in [1.29, 1.82) is 0 Å². The number of carbonyl (C=O) groups is 1. The molecule has 1 aromatic carbocycles. The van der Waals surface area contributed by atoms with Crippen molar-refractivity contribution in [2.45, 2.75) is 44.3 Å². The van der Waals surface area contributed by atoms with E-state index in [-0.39, 0.29) is 17.6 Å². The number of para-hydroxylation sites is 1. The van der Waals surface area contributed by atoms with Gasteiger partial charge in [-0.1, -0.05) is 36.9 Å². The summed E-state index contributed by atoms with van der Waals surface area (Å²) in [6, 6.07) is 7.77. The molecule has 0 aromatic heterocycles. The molecule has 22 heavy (non-hydrogen) atoms. The van der Waals surface area contributed by atoms with Gasteiger partial charge in [0.1, 0.15) is 5.66 Å². The Labute approximate surface area is 134 Å². The molecular weight excluding hydrogens is 296 g/mol. The Morgan fingerprint density at radius 2 is 2.14 bits per heavy atom.